The highest BCUT2D eigenvalue weighted by atomic mass is 32.2. The van der Waals surface area contributed by atoms with E-state index in [9.17, 15) is 22.0 Å². The normalized spacial score (nSPS) is 34.1. The molecular weight excluding hydrogens is 306 g/mol. The fourth-order valence-electron chi connectivity index (χ4n) is 4.21. The highest BCUT2D eigenvalue weighted by Crippen LogP contribution is 2.53. The zero-order valence-electron chi connectivity index (χ0n) is 11.8. The van der Waals surface area contributed by atoms with Crippen molar-refractivity contribution in [1.82, 2.24) is 0 Å². The zero-order valence-corrected chi connectivity index (χ0v) is 12.6. The summed E-state index contributed by atoms with van der Waals surface area (Å²) in [6, 6.07) is 0. The molecule has 4 rings (SSSR count). The van der Waals surface area contributed by atoms with Gasteiger partial charge in [0.05, 0.1) is 7.11 Å². The van der Waals surface area contributed by atoms with Gasteiger partial charge in [0.2, 0.25) is 0 Å². The molecule has 21 heavy (non-hydrogen) atoms. The third-order valence-corrected chi connectivity index (χ3v) is 5.56. The Morgan fingerprint density at radius 2 is 1.29 bits per heavy atom. The average molecular weight is 326 g/mol. The fraction of sp³-hybridized carbons (Fsp3) is 0.923. The zero-order chi connectivity index (χ0) is 15.8. The molecule has 4 aliphatic rings. The van der Waals surface area contributed by atoms with E-state index in [1.807, 2.05) is 0 Å². The molecule has 0 unspecified atom stereocenters. The van der Waals surface area contributed by atoms with Crippen LogP contribution in [0.2, 0.25) is 0 Å². The second-order valence-electron chi connectivity index (χ2n) is 6.36. The highest BCUT2D eigenvalue weighted by molar-refractivity contribution is 7.87. The maximum absolute atomic E-state index is 12.0. The van der Waals surface area contributed by atoms with Crippen LogP contribution < -0.4 is 0 Å². The molecule has 0 spiro atoms. The third kappa shape index (κ3) is 3.53. The number of esters is 1. The third-order valence-electron chi connectivity index (χ3n) is 4.75. The Morgan fingerprint density at radius 3 is 1.43 bits per heavy atom. The summed E-state index contributed by atoms with van der Waals surface area (Å²) < 4.78 is 54.7. The lowest BCUT2D eigenvalue weighted by Crippen LogP contribution is -2.38. The van der Waals surface area contributed by atoms with Gasteiger partial charge in [0.15, 0.2) is 0 Å². The molecular formula is C13H20F2O5S. The van der Waals surface area contributed by atoms with Crippen molar-refractivity contribution in [1.29, 1.82) is 0 Å². The monoisotopic (exact) mass is 326 g/mol. The molecule has 0 aromatic heterocycles. The minimum absolute atomic E-state index is 0.571. The van der Waals surface area contributed by atoms with Crippen molar-refractivity contribution >= 4 is 16.1 Å². The number of ether oxygens (including phenoxy) is 1. The molecule has 4 bridgehead atoms. The summed E-state index contributed by atoms with van der Waals surface area (Å²) in [4.78, 5) is 9.97. The molecule has 0 aromatic carbocycles. The lowest BCUT2D eigenvalue weighted by atomic mass is 9.56. The van der Waals surface area contributed by atoms with Crippen LogP contribution in [0.1, 0.15) is 38.5 Å². The number of carbonyl (C=O) groups excluding carboxylic acids is 1. The van der Waals surface area contributed by atoms with Gasteiger partial charge in [-0.25, -0.2) is 4.79 Å². The number of alkyl halides is 2. The first-order valence-electron chi connectivity index (χ1n) is 7.06. The average Bonchev–Trinajstić information content (AvgIpc) is 2.35. The Balaban J connectivity index is 0.000000153. The van der Waals surface area contributed by atoms with Gasteiger partial charge in [-0.1, -0.05) is 0 Å². The van der Waals surface area contributed by atoms with E-state index in [-0.39, 0.29) is 0 Å². The highest BCUT2D eigenvalue weighted by Gasteiger charge is 2.53. The molecule has 4 fully saturated rings. The fourth-order valence-corrected chi connectivity index (χ4v) is 4.50. The van der Waals surface area contributed by atoms with Crippen LogP contribution in [0, 0.1) is 23.7 Å². The van der Waals surface area contributed by atoms with Crippen LogP contribution in [-0.2, 0) is 19.6 Å². The predicted octanol–water partition coefficient (Wildman–Crippen LogP) is 2.47. The summed E-state index contributed by atoms with van der Waals surface area (Å²) >= 11 is 0. The van der Waals surface area contributed by atoms with Crippen molar-refractivity contribution in [3.63, 3.8) is 0 Å². The van der Waals surface area contributed by atoms with E-state index >= 15 is 0 Å². The van der Waals surface area contributed by atoms with Crippen LogP contribution in [0.4, 0.5) is 8.78 Å². The molecule has 5 nitrogen and oxygen atoms in total. The van der Waals surface area contributed by atoms with Crippen LogP contribution in [0.25, 0.3) is 0 Å². The number of rotatable bonds is 2. The molecule has 0 aliphatic heterocycles. The summed E-state index contributed by atoms with van der Waals surface area (Å²) in [5.74, 6) is 2.39. The lowest BCUT2D eigenvalue weighted by Gasteiger charge is -2.49. The molecule has 0 aromatic rings. The molecule has 4 aliphatic carbocycles. The smallest absolute Gasteiger partial charge is 0.464 e. The first-order valence-corrected chi connectivity index (χ1v) is 8.50. The van der Waals surface area contributed by atoms with Gasteiger partial charge < -0.3 is 4.74 Å². The van der Waals surface area contributed by atoms with Gasteiger partial charge >= 0.3 is 21.3 Å². The largest absolute Gasteiger partial charge is 0.465 e. The Bertz CT molecular complexity index is 446. The van der Waals surface area contributed by atoms with E-state index in [1.165, 1.54) is 23.7 Å². The Labute approximate surface area is 122 Å². The Kier molecular flexibility index (Phi) is 4.58. The van der Waals surface area contributed by atoms with E-state index in [0.717, 1.165) is 0 Å². The molecule has 8 heteroatoms. The van der Waals surface area contributed by atoms with Crippen molar-refractivity contribution < 1.29 is 31.3 Å². The lowest BCUT2D eigenvalue weighted by molar-refractivity contribution is -0.158. The molecule has 0 amide bonds. The van der Waals surface area contributed by atoms with Crippen LogP contribution in [-0.4, -0.2) is 31.3 Å². The van der Waals surface area contributed by atoms with Crippen LogP contribution in [0.5, 0.6) is 0 Å². The summed E-state index contributed by atoms with van der Waals surface area (Å²) in [7, 11) is -5.15. The molecule has 0 radical (unpaired) electrons. The van der Waals surface area contributed by atoms with Gasteiger partial charge in [0.1, 0.15) is 0 Å². The van der Waals surface area contributed by atoms with Crippen molar-refractivity contribution in [3.8, 4) is 0 Å². The second kappa shape index (κ2) is 5.79. The van der Waals surface area contributed by atoms with Crippen molar-refractivity contribution in [2.45, 2.75) is 43.8 Å². The molecule has 4 saturated carbocycles. The van der Waals surface area contributed by atoms with Crippen LogP contribution in [0.15, 0.2) is 0 Å². The van der Waals surface area contributed by atoms with E-state index < -0.39 is 21.3 Å². The molecule has 0 saturated heterocycles. The standard InChI is InChI=1S/C10H16.C3H4F2O5S/c1-7-2-9-4-8(1)5-10(3-7)6-9;1-10-2(6)3(4,5)11(7,8)9/h7-10H,1-6H2;1H3,(H,7,8,9). The van der Waals surface area contributed by atoms with E-state index in [0.29, 0.717) is 7.11 Å². The number of methoxy groups -OCH3 is 1. The minimum Gasteiger partial charge on any atom is -0.464 e. The Hall–Kier alpha value is -0.760. The molecule has 122 valence electrons. The number of carbonyl (C=O) groups is 1. The van der Waals surface area contributed by atoms with Gasteiger partial charge in [-0.3, -0.25) is 4.55 Å². The predicted molar refractivity (Wildman–Crippen MR) is 70.2 cm³/mol. The van der Waals surface area contributed by atoms with Gasteiger partial charge in [-0.2, -0.15) is 17.2 Å². The number of halogens is 2. The summed E-state index contributed by atoms with van der Waals surface area (Å²) in [6.07, 6.45) is 9.62. The number of hydrogen-bond donors (Lipinski definition) is 1. The van der Waals surface area contributed by atoms with Crippen LogP contribution in [0.3, 0.4) is 0 Å². The van der Waals surface area contributed by atoms with Gasteiger partial charge in [0.25, 0.3) is 0 Å². The number of hydrogen-bond acceptors (Lipinski definition) is 4. The summed E-state index contributed by atoms with van der Waals surface area (Å²) in [5, 5.41) is -4.89. The van der Waals surface area contributed by atoms with Crippen molar-refractivity contribution in [2.75, 3.05) is 7.11 Å². The van der Waals surface area contributed by atoms with Crippen LogP contribution >= 0.6 is 0 Å². The maximum Gasteiger partial charge on any atom is 0.465 e. The quantitative estimate of drug-likeness (QED) is 0.623. The molecule has 0 atom stereocenters. The van der Waals surface area contributed by atoms with E-state index in [1.54, 1.807) is 38.5 Å². The van der Waals surface area contributed by atoms with Crippen molar-refractivity contribution in [3.05, 3.63) is 0 Å². The van der Waals surface area contributed by atoms with E-state index in [4.69, 9.17) is 4.55 Å². The first kappa shape index (κ1) is 16.6. The van der Waals surface area contributed by atoms with Gasteiger partial charge in [-0.05, 0) is 62.2 Å². The van der Waals surface area contributed by atoms with Gasteiger partial charge in [-0.15, -0.1) is 0 Å². The topological polar surface area (TPSA) is 80.7 Å². The minimum atomic E-state index is -5.72. The SMILES string of the molecule is C1C2CC3CC1CC(C2)C3.COC(=O)C(F)(F)S(=O)(=O)O. The van der Waals surface area contributed by atoms with E-state index in [2.05, 4.69) is 4.74 Å². The first-order chi connectivity index (χ1) is 9.63. The Morgan fingerprint density at radius 1 is 1.00 bits per heavy atom. The maximum atomic E-state index is 12.0. The summed E-state index contributed by atoms with van der Waals surface area (Å²) in [5.41, 5.74) is 0. The molecule has 0 heterocycles. The summed E-state index contributed by atoms with van der Waals surface area (Å²) in [6.45, 7) is 0. The second-order valence-corrected chi connectivity index (χ2v) is 7.82. The van der Waals surface area contributed by atoms with Gasteiger partial charge in [0, 0.05) is 0 Å². The molecule has 1 N–H and O–H groups in total. The van der Waals surface area contributed by atoms with Crippen molar-refractivity contribution in [2.24, 2.45) is 23.7 Å².